The first kappa shape index (κ1) is 13.1. The third-order valence-electron chi connectivity index (χ3n) is 3.33. The van der Waals surface area contributed by atoms with Gasteiger partial charge in [0.15, 0.2) is 5.82 Å². The van der Waals surface area contributed by atoms with Crippen molar-refractivity contribution in [3.8, 4) is 17.1 Å². The Bertz CT molecular complexity index is 614. The zero-order chi connectivity index (χ0) is 13.9. The number of methoxy groups -OCH3 is 1. The molecule has 1 aromatic carbocycles. The molecule has 5 nitrogen and oxygen atoms in total. The molecule has 104 valence electrons. The summed E-state index contributed by atoms with van der Waals surface area (Å²) in [5.74, 6) is 1.91. The molecule has 2 heterocycles. The molecule has 0 unspecified atom stereocenters. The SMILES string of the molecule is COc1ccccc1-c1nc(Cl)nc(N2CCCC2)n1. The van der Waals surface area contributed by atoms with Crippen LogP contribution in [-0.4, -0.2) is 35.2 Å². The first-order chi connectivity index (χ1) is 9.78. The van der Waals surface area contributed by atoms with Crippen molar-refractivity contribution < 1.29 is 4.74 Å². The Balaban J connectivity index is 2.04. The van der Waals surface area contributed by atoms with Gasteiger partial charge in [0.05, 0.1) is 12.7 Å². The fourth-order valence-corrected chi connectivity index (χ4v) is 2.50. The summed E-state index contributed by atoms with van der Waals surface area (Å²) in [4.78, 5) is 15.1. The lowest BCUT2D eigenvalue weighted by Gasteiger charge is -2.16. The smallest absolute Gasteiger partial charge is 0.230 e. The molecule has 0 atom stereocenters. The van der Waals surface area contributed by atoms with Crippen LogP contribution in [0.4, 0.5) is 5.95 Å². The predicted octanol–water partition coefficient (Wildman–Crippen LogP) is 2.80. The first-order valence-corrected chi connectivity index (χ1v) is 6.95. The molecule has 0 saturated carbocycles. The minimum absolute atomic E-state index is 0.211. The van der Waals surface area contributed by atoms with Gasteiger partial charge in [-0.15, -0.1) is 0 Å². The van der Waals surface area contributed by atoms with Crippen molar-refractivity contribution in [3.63, 3.8) is 0 Å². The Hall–Kier alpha value is -1.88. The average Bonchev–Trinajstić information content (AvgIpc) is 3.01. The monoisotopic (exact) mass is 290 g/mol. The normalized spacial score (nSPS) is 14.6. The highest BCUT2D eigenvalue weighted by molar-refractivity contribution is 6.28. The van der Waals surface area contributed by atoms with E-state index in [0.717, 1.165) is 37.2 Å². The number of halogens is 1. The number of aromatic nitrogens is 3. The molecule has 1 fully saturated rings. The number of rotatable bonds is 3. The summed E-state index contributed by atoms with van der Waals surface area (Å²) < 4.78 is 5.35. The summed E-state index contributed by atoms with van der Waals surface area (Å²) in [6.07, 6.45) is 2.32. The second kappa shape index (κ2) is 5.63. The summed E-state index contributed by atoms with van der Waals surface area (Å²) in [7, 11) is 1.63. The molecule has 1 aliphatic heterocycles. The van der Waals surface area contributed by atoms with Gasteiger partial charge in [-0.2, -0.15) is 15.0 Å². The maximum absolute atomic E-state index is 6.04. The van der Waals surface area contributed by atoms with Gasteiger partial charge in [-0.3, -0.25) is 0 Å². The fourth-order valence-electron chi connectivity index (χ4n) is 2.35. The summed E-state index contributed by atoms with van der Waals surface area (Å²) in [5.41, 5.74) is 0.819. The lowest BCUT2D eigenvalue weighted by Crippen LogP contribution is -2.21. The summed E-state index contributed by atoms with van der Waals surface area (Å²) in [5, 5.41) is 0.211. The number of anilines is 1. The van der Waals surface area contributed by atoms with E-state index in [2.05, 4.69) is 19.9 Å². The van der Waals surface area contributed by atoms with Gasteiger partial charge in [0, 0.05) is 13.1 Å². The first-order valence-electron chi connectivity index (χ1n) is 6.58. The van der Waals surface area contributed by atoms with Crippen molar-refractivity contribution in [1.82, 2.24) is 15.0 Å². The van der Waals surface area contributed by atoms with E-state index in [0.29, 0.717) is 11.8 Å². The van der Waals surface area contributed by atoms with Gasteiger partial charge in [0.1, 0.15) is 5.75 Å². The Morgan fingerprint density at radius 3 is 2.60 bits per heavy atom. The molecule has 0 bridgehead atoms. The Kier molecular flexibility index (Phi) is 3.69. The molecule has 0 amide bonds. The maximum atomic E-state index is 6.04. The lowest BCUT2D eigenvalue weighted by molar-refractivity contribution is 0.416. The van der Waals surface area contributed by atoms with E-state index in [9.17, 15) is 0 Å². The highest BCUT2D eigenvalue weighted by Crippen LogP contribution is 2.29. The van der Waals surface area contributed by atoms with Crippen molar-refractivity contribution in [2.75, 3.05) is 25.1 Å². The highest BCUT2D eigenvalue weighted by atomic mass is 35.5. The van der Waals surface area contributed by atoms with Crippen LogP contribution in [0.1, 0.15) is 12.8 Å². The van der Waals surface area contributed by atoms with Gasteiger partial charge in [0.2, 0.25) is 11.2 Å². The minimum Gasteiger partial charge on any atom is -0.496 e. The third-order valence-corrected chi connectivity index (χ3v) is 3.50. The van der Waals surface area contributed by atoms with E-state index >= 15 is 0 Å². The molecule has 3 rings (SSSR count). The minimum atomic E-state index is 0.211. The van der Waals surface area contributed by atoms with E-state index < -0.39 is 0 Å². The van der Waals surface area contributed by atoms with Crippen LogP contribution >= 0.6 is 11.6 Å². The fraction of sp³-hybridized carbons (Fsp3) is 0.357. The molecule has 6 heteroatoms. The zero-order valence-corrected chi connectivity index (χ0v) is 12.0. The van der Waals surface area contributed by atoms with Crippen molar-refractivity contribution in [1.29, 1.82) is 0 Å². The third kappa shape index (κ3) is 2.54. The van der Waals surface area contributed by atoms with Crippen molar-refractivity contribution >= 4 is 17.5 Å². The second-order valence-electron chi connectivity index (χ2n) is 4.62. The standard InChI is InChI=1S/C14H15ClN4O/c1-20-11-7-3-2-6-10(11)12-16-13(15)18-14(17-12)19-8-4-5-9-19/h2-3,6-7H,4-5,8-9H2,1H3. The van der Waals surface area contributed by atoms with Gasteiger partial charge in [0.25, 0.3) is 0 Å². The molecule has 0 N–H and O–H groups in total. The Morgan fingerprint density at radius 1 is 1.10 bits per heavy atom. The van der Waals surface area contributed by atoms with Crippen LogP contribution in [0.2, 0.25) is 5.28 Å². The Labute approximate surface area is 122 Å². The van der Waals surface area contributed by atoms with Gasteiger partial charge >= 0.3 is 0 Å². The highest BCUT2D eigenvalue weighted by Gasteiger charge is 2.18. The van der Waals surface area contributed by atoms with Crippen LogP contribution < -0.4 is 9.64 Å². The molecule has 20 heavy (non-hydrogen) atoms. The van der Waals surface area contributed by atoms with Crippen molar-refractivity contribution in [3.05, 3.63) is 29.5 Å². The molecule has 0 aliphatic carbocycles. The molecular weight excluding hydrogens is 276 g/mol. The molecule has 0 radical (unpaired) electrons. The van der Waals surface area contributed by atoms with E-state index in [1.165, 1.54) is 0 Å². The van der Waals surface area contributed by atoms with Crippen LogP contribution in [-0.2, 0) is 0 Å². The number of hydrogen-bond donors (Lipinski definition) is 0. The zero-order valence-electron chi connectivity index (χ0n) is 11.2. The van der Waals surface area contributed by atoms with Crippen molar-refractivity contribution in [2.24, 2.45) is 0 Å². The molecule has 1 aromatic heterocycles. The van der Waals surface area contributed by atoms with Crippen molar-refractivity contribution in [2.45, 2.75) is 12.8 Å². The van der Waals surface area contributed by atoms with Crippen LogP contribution in [0.25, 0.3) is 11.4 Å². The van der Waals surface area contributed by atoms with Gasteiger partial charge < -0.3 is 9.64 Å². The average molecular weight is 291 g/mol. The van der Waals surface area contributed by atoms with E-state index in [4.69, 9.17) is 16.3 Å². The van der Waals surface area contributed by atoms with Crippen LogP contribution in [0, 0.1) is 0 Å². The number of nitrogens with zero attached hydrogens (tertiary/aromatic N) is 4. The number of hydrogen-bond acceptors (Lipinski definition) is 5. The van der Waals surface area contributed by atoms with Gasteiger partial charge in [-0.05, 0) is 36.6 Å². The lowest BCUT2D eigenvalue weighted by atomic mass is 10.2. The van der Waals surface area contributed by atoms with Gasteiger partial charge in [-0.25, -0.2) is 0 Å². The summed E-state index contributed by atoms with van der Waals surface area (Å²) >= 11 is 6.04. The number of para-hydroxylation sites is 1. The number of benzene rings is 1. The Morgan fingerprint density at radius 2 is 1.85 bits per heavy atom. The predicted molar refractivity (Wildman–Crippen MR) is 78.3 cm³/mol. The molecule has 1 aliphatic rings. The van der Waals surface area contributed by atoms with Crippen LogP contribution in [0.15, 0.2) is 24.3 Å². The van der Waals surface area contributed by atoms with E-state index in [-0.39, 0.29) is 5.28 Å². The van der Waals surface area contributed by atoms with E-state index in [1.807, 2.05) is 24.3 Å². The van der Waals surface area contributed by atoms with Crippen LogP contribution in [0.5, 0.6) is 5.75 Å². The van der Waals surface area contributed by atoms with Gasteiger partial charge in [-0.1, -0.05) is 12.1 Å². The molecule has 1 saturated heterocycles. The largest absolute Gasteiger partial charge is 0.496 e. The molecule has 0 spiro atoms. The maximum Gasteiger partial charge on any atom is 0.230 e. The summed E-state index contributed by atoms with van der Waals surface area (Å²) in [6.45, 7) is 1.93. The topological polar surface area (TPSA) is 51.1 Å². The van der Waals surface area contributed by atoms with E-state index in [1.54, 1.807) is 7.11 Å². The number of ether oxygens (including phenoxy) is 1. The second-order valence-corrected chi connectivity index (χ2v) is 4.96. The molecular formula is C14H15ClN4O. The summed E-state index contributed by atoms with van der Waals surface area (Å²) in [6, 6.07) is 7.62. The molecule has 2 aromatic rings. The quantitative estimate of drug-likeness (QED) is 0.870. The van der Waals surface area contributed by atoms with Crippen LogP contribution in [0.3, 0.4) is 0 Å².